The van der Waals surface area contributed by atoms with Gasteiger partial charge in [0.25, 0.3) is 0 Å². The lowest BCUT2D eigenvalue weighted by Crippen LogP contribution is -2.58. The molecule has 3 rings (SSSR count). The van der Waals surface area contributed by atoms with E-state index in [1.54, 1.807) is 53.5 Å². The summed E-state index contributed by atoms with van der Waals surface area (Å²) >= 11 is 0. The first-order valence-corrected chi connectivity index (χ1v) is 19.5. The Kier molecular flexibility index (Phi) is 16.6. The minimum Gasteiger partial charge on any atom is -0.458 e. The van der Waals surface area contributed by atoms with Gasteiger partial charge in [0.1, 0.15) is 17.7 Å². The van der Waals surface area contributed by atoms with Gasteiger partial charge in [-0.15, -0.1) is 0 Å². The normalized spacial score (nSPS) is 17.9. The smallest absolute Gasteiger partial charge is 0.329 e. The Labute approximate surface area is 333 Å². The average molecular weight is 780 g/mol. The van der Waals surface area contributed by atoms with Crippen molar-refractivity contribution in [3.8, 4) is 0 Å². The monoisotopic (exact) mass is 779 g/mol. The van der Waals surface area contributed by atoms with Crippen molar-refractivity contribution < 1.29 is 38.2 Å². The first kappa shape index (κ1) is 46.1. The van der Waals surface area contributed by atoms with E-state index in [9.17, 15) is 24.0 Å². The second-order valence-corrected chi connectivity index (χ2v) is 16.8. The molecule has 2 aromatic carbocycles. The first-order valence-electron chi connectivity index (χ1n) is 19.5. The molecule has 13 heteroatoms. The van der Waals surface area contributed by atoms with Crippen LogP contribution >= 0.6 is 0 Å². The second-order valence-electron chi connectivity index (χ2n) is 16.8. The van der Waals surface area contributed by atoms with Crippen molar-refractivity contribution in [1.82, 2.24) is 20.4 Å². The molecule has 7 atom stereocenters. The van der Waals surface area contributed by atoms with Gasteiger partial charge in [-0.05, 0) is 64.5 Å². The summed E-state index contributed by atoms with van der Waals surface area (Å²) in [4.78, 5) is 71.9. The van der Waals surface area contributed by atoms with Gasteiger partial charge in [-0.3, -0.25) is 19.2 Å². The van der Waals surface area contributed by atoms with E-state index < -0.39 is 71.2 Å². The lowest BCUT2D eigenvalue weighted by atomic mass is 9.92. The first-order chi connectivity index (χ1) is 26.2. The van der Waals surface area contributed by atoms with Gasteiger partial charge in [-0.2, -0.15) is 0 Å². The molecule has 0 unspecified atom stereocenters. The number of amides is 4. The van der Waals surface area contributed by atoms with Crippen molar-refractivity contribution >= 4 is 29.6 Å². The minimum atomic E-state index is -1.20. The molecule has 0 aromatic heterocycles. The average Bonchev–Trinajstić information content (AvgIpc) is 3.62. The van der Waals surface area contributed by atoms with E-state index in [1.807, 2.05) is 74.5 Å². The number of ether oxygens (including phenoxy) is 3. The third-order valence-corrected chi connectivity index (χ3v) is 10.2. The highest BCUT2D eigenvalue weighted by molar-refractivity contribution is 5.92. The summed E-state index contributed by atoms with van der Waals surface area (Å²) in [6.07, 6.45) is 0.0107. The van der Waals surface area contributed by atoms with Crippen LogP contribution in [0.4, 0.5) is 0 Å². The minimum absolute atomic E-state index is 0.0759. The maximum atomic E-state index is 14.3. The zero-order chi connectivity index (χ0) is 42.0. The molecule has 0 saturated carbocycles. The van der Waals surface area contributed by atoms with E-state index in [2.05, 4.69) is 10.6 Å². The molecule has 13 nitrogen and oxygen atoms in total. The Morgan fingerprint density at radius 2 is 1.48 bits per heavy atom. The number of likely N-dealkylation sites (tertiary alicyclic amines) is 1. The number of hydrogen-bond acceptors (Lipinski definition) is 9. The number of rotatable bonds is 18. The molecule has 2 aromatic rings. The second kappa shape index (κ2) is 20.2. The Morgan fingerprint density at radius 3 is 2.00 bits per heavy atom. The van der Waals surface area contributed by atoms with Gasteiger partial charge < -0.3 is 40.4 Å². The molecule has 310 valence electrons. The van der Waals surface area contributed by atoms with Crippen molar-refractivity contribution in [3.63, 3.8) is 0 Å². The van der Waals surface area contributed by atoms with Gasteiger partial charge in [0.05, 0.1) is 42.2 Å². The molecule has 0 radical (unpaired) electrons. The maximum Gasteiger partial charge on any atom is 0.329 e. The van der Waals surface area contributed by atoms with Crippen LogP contribution < -0.4 is 16.4 Å². The van der Waals surface area contributed by atoms with Crippen LogP contribution in [0.1, 0.15) is 91.8 Å². The largest absolute Gasteiger partial charge is 0.458 e. The molecule has 0 aliphatic carbocycles. The number of likely N-dealkylation sites (N-methyl/N-ethyl adjacent to an activating group) is 1. The molecule has 56 heavy (non-hydrogen) atoms. The van der Waals surface area contributed by atoms with E-state index in [-0.39, 0.29) is 30.6 Å². The fourth-order valence-corrected chi connectivity index (χ4v) is 7.15. The van der Waals surface area contributed by atoms with Crippen LogP contribution in [-0.4, -0.2) is 109 Å². The highest BCUT2D eigenvalue weighted by Crippen LogP contribution is 2.32. The fraction of sp³-hybridized carbons (Fsp3) is 0.605. The van der Waals surface area contributed by atoms with Crippen LogP contribution in [0, 0.1) is 11.8 Å². The third-order valence-electron chi connectivity index (χ3n) is 10.2. The third kappa shape index (κ3) is 12.6. The van der Waals surface area contributed by atoms with Crippen molar-refractivity contribution in [1.29, 1.82) is 0 Å². The number of nitrogens with one attached hydrogen (secondary N) is 2. The van der Waals surface area contributed by atoms with Crippen LogP contribution in [-0.2, 0) is 44.6 Å². The van der Waals surface area contributed by atoms with Crippen LogP contribution in [0.15, 0.2) is 60.7 Å². The topological polar surface area (TPSA) is 170 Å². The zero-order valence-electron chi connectivity index (χ0n) is 35.2. The van der Waals surface area contributed by atoms with Crippen molar-refractivity contribution in [2.45, 2.75) is 129 Å². The molecule has 4 amide bonds. The predicted molar refractivity (Wildman–Crippen MR) is 215 cm³/mol. The molecule has 1 heterocycles. The summed E-state index contributed by atoms with van der Waals surface area (Å²) < 4.78 is 17.7. The van der Waals surface area contributed by atoms with E-state index in [4.69, 9.17) is 19.9 Å². The van der Waals surface area contributed by atoms with Crippen LogP contribution in [0.3, 0.4) is 0 Å². The summed E-state index contributed by atoms with van der Waals surface area (Å²) in [6.45, 7) is 14.4. The number of carbonyl (C=O) groups is 5. The van der Waals surface area contributed by atoms with Gasteiger partial charge >= 0.3 is 5.97 Å². The van der Waals surface area contributed by atoms with E-state index in [0.29, 0.717) is 19.4 Å². The Hall–Kier alpha value is -4.33. The van der Waals surface area contributed by atoms with E-state index in [1.165, 1.54) is 19.1 Å². The van der Waals surface area contributed by atoms with Gasteiger partial charge in [0.2, 0.25) is 23.6 Å². The van der Waals surface area contributed by atoms with Crippen LogP contribution in [0.2, 0.25) is 0 Å². The lowest BCUT2D eigenvalue weighted by Gasteiger charge is -2.39. The number of benzene rings is 2. The summed E-state index contributed by atoms with van der Waals surface area (Å²) in [5, 5.41) is 5.74. The molecular weight excluding hydrogens is 714 g/mol. The summed E-state index contributed by atoms with van der Waals surface area (Å²) in [6, 6.07) is 15.8. The Balaban J connectivity index is 1.85. The summed E-state index contributed by atoms with van der Waals surface area (Å²) in [7, 11) is 4.67. The van der Waals surface area contributed by atoms with Crippen LogP contribution in [0.5, 0.6) is 0 Å². The summed E-state index contributed by atoms with van der Waals surface area (Å²) in [5.74, 6) is -2.96. The van der Waals surface area contributed by atoms with Gasteiger partial charge in [-0.1, -0.05) is 81.4 Å². The quantitative estimate of drug-likeness (QED) is 0.188. The predicted octanol–water partition coefficient (Wildman–Crippen LogP) is 4.18. The highest BCUT2D eigenvalue weighted by atomic mass is 16.6. The van der Waals surface area contributed by atoms with E-state index in [0.717, 1.165) is 11.1 Å². The molecule has 1 aliphatic rings. The number of methoxy groups -OCH3 is 2. The van der Waals surface area contributed by atoms with Crippen molar-refractivity contribution in [3.05, 3.63) is 71.8 Å². The van der Waals surface area contributed by atoms with E-state index >= 15 is 0 Å². The van der Waals surface area contributed by atoms with Gasteiger partial charge in [-0.25, -0.2) is 4.79 Å². The summed E-state index contributed by atoms with van der Waals surface area (Å²) in [5.41, 5.74) is 5.72. The number of nitrogens with zero attached hydrogens (tertiary/aromatic N) is 2. The maximum absolute atomic E-state index is 14.3. The number of hydrogen-bond donors (Lipinski definition) is 3. The zero-order valence-corrected chi connectivity index (χ0v) is 35.2. The van der Waals surface area contributed by atoms with Crippen molar-refractivity contribution in [2.75, 3.05) is 27.8 Å². The fourth-order valence-electron chi connectivity index (χ4n) is 7.15. The molecule has 0 spiro atoms. The Bertz CT molecular complexity index is 1610. The van der Waals surface area contributed by atoms with Gasteiger partial charge in [0, 0.05) is 34.2 Å². The molecule has 0 bridgehead atoms. The van der Waals surface area contributed by atoms with Crippen LogP contribution in [0.25, 0.3) is 0 Å². The number of nitrogens with two attached hydrogens (primary N) is 1. The van der Waals surface area contributed by atoms with Crippen molar-refractivity contribution in [2.24, 2.45) is 17.6 Å². The molecular formula is C43H65N5O8. The lowest BCUT2D eigenvalue weighted by molar-refractivity contribution is -0.159. The molecule has 4 N–H and O–H groups in total. The highest BCUT2D eigenvalue weighted by Gasteiger charge is 2.43. The van der Waals surface area contributed by atoms with Gasteiger partial charge in [0.15, 0.2) is 0 Å². The SMILES string of the molecule is CO[C@H]([C@@H](C)C(=O)N[C@@H](Cc1ccccc1)C(=O)OC(C)(C)C)[C@@H]1CCCN1C(=O)C[C@@H](OC)[C@H](c1ccccc1)N(C)C(=O)[C@@H](NC(=O)C(C)(C)N)C(C)C. The number of esters is 1. The molecule has 1 fully saturated rings. The molecule has 1 aliphatic heterocycles. The molecule has 1 saturated heterocycles. The standard InChI is InChI=1S/C43H65N5O8/c1-27(2)35(46-41(53)43(7,8)44)39(51)47(9)36(30-21-16-13-17-22-30)33(54-10)26-34(49)48-24-18-23-32(48)37(55-11)28(3)38(50)45-31(40(52)56-42(4,5)6)25-29-19-14-12-15-20-29/h12-17,19-22,27-28,31-33,35-37H,18,23-26,44H2,1-11H3,(H,45,50)(H,46,53)/t28-,31+,32+,33-,35+,36+,37-/m1/s1. The Morgan fingerprint density at radius 1 is 0.893 bits per heavy atom. The number of carbonyl (C=O) groups excluding carboxylic acids is 5.